The van der Waals surface area contributed by atoms with Gasteiger partial charge in [0.15, 0.2) is 0 Å². The Morgan fingerprint density at radius 2 is 1.86 bits per heavy atom. The molecule has 0 radical (unpaired) electrons. The molecule has 0 fully saturated rings. The van der Waals surface area contributed by atoms with Gasteiger partial charge in [-0.1, -0.05) is 24.3 Å². The van der Waals surface area contributed by atoms with E-state index in [9.17, 15) is 0 Å². The molecule has 1 heterocycles. The number of hydrogen-bond acceptors (Lipinski definition) is 4. The van der Waals surface area contributed by atoms with E-state index in [2.05, 4.69) is 30.7 Å². The summed E-state index contributed by atoms with van der Waals surface area (Å²) in [6.45, 7) is 8.25. The summed E-state index contributed by atoms with van der Waals surface area (Å²) in [5, 5.41) is 10.5. The summed E-state index contributed by atoms with van der Waals surface area (Å²) in [7, 11) is 0. The third-order valence-electron chi connectivity index (χ3n) is 3.14. The molecule has 1 aromatic carbocycles. The predicted octanol–water partition coefficient (Wildman–Crippen LogP) is 1.78. The molecule has 0 spiro atoms. The van der Waals surface area contributed by atoms with Gasteiger partial charge in [0.1, 0.15) is 17.7 Å². The number of nitrogens with one attached hydrogen (secondary N) is 1. The monoisotopic (exact) mass is 284 g/mol. The van der Waals surface area contributed by atoms with Gasteiger partial charge in [-0.25, -0.2) is 4.98 Å². The molecule has 5 N–H and O–H groups in total. The van der Waals surface area contributed by atoms with Crippen LogP contribution in [0.2, 0.25) is 0 Å². The van der Waals surface area contributed by atoms with Crippen molar-refractivity contribution in [2.24, 2.45) is 0 Å². The van der Waals surface area contributed by atoms with Crippen LogP contribution in [0.4, 0.5) is 11.6 Å². The first-order valence-electron chi connectivity index (χ1n) is 6.91. The van der Waals surface area contributed by atoms with E-state index in [-0.39, 0.29) is 5.54 Å². The first-order chi connectivity index (χ1) is 9.79. The summed E-state index contributed by atoms with van der Waals surface area (Å²) < 4.78 is 0. The minimum Gasteiger partial charge on any atom is -0.383 e. The van der Waals surface area contributed by atoms with E-state index < -0.39 is 0 Å². The molecule has 0 aliphatic carbocycles. The quantitative estimate of drug-likeness (QED) is 0.750. The van der Waals surface area contributed by atoms with E-state index >= 15 is 0 Å². The molecule has 0 saturated heterocycles. The van der Waals surface area contributed by atoms with E-state index in [0.717, 1.165) is 11.1 Å². The predicted molar refractivity (Wildman–Crippen MR) is 84.9 cm³/mol. The van der Waals surface area contributed by atoms with Crippen molar-refractivity contribution in [1.29, 1.82) is 5.41 Å². The molecule has 2 rings (SSSR count). The highest BCUT2D eigenvalue weighted by molar-refractivity contribution is 6.16. The Kier molecular flexibility index (Phi) is 4.04. The van der Waals surface area contributed by atoms with Gasteiger partial charge in [-0.2, -0.15) is 4.98 Å². The second kappa shape index (κ2) is 5.61. The molecule has 0 atom stereocenters. The molecule has 0 aliphatic rings. The average molecular weight is 284 g/mol. The molecule has 0 bridgehead atoms. The highest BCUT2D eigenvalue weighted by atomic mass is 15.1. The number of aromatic nitrogens is 2. The van der Waals surface area contributed by atoms with Crippen molar-refractivity contribution in [3.8, 4) is 0 Å². The SMILES string of the molecule is Cc1ccccc1C(=N)c1c(N)ncnc1[NH2+]C(C)(C)C. The Balaban J connectivity index is 2.53. The zero-order chi connectivity index (χ0) is 15.6. The van der Waals surface area contributed by atoms with Crippen molar-refractivity contribution < 1.29 is 5.32 Å². The van der Waals surface area contributed by atoms with Crippen molar-refractivity contribution >= 4 is 17.3 Å². The van der Waals surface area contributed by atoms with Crippen molar-refractivity contribution in [3.63, 3.8) is 0 Å². The van der Waals surface area contributed by atoms with Gasteiger partial charge in [0.25, 0.3) is 0 Å². The molecule has 0 saturated carbocycles. The maximum atomic E-state index is 8.52. The average Bonchev–Trinajstić information content (AvgIpc) is 2.37. The lowest BCUT2D eigenvalue weighted by Crippen LogP contribution is -2.90. The Morgan fingerprint density at radius 3 is 2.48 bits per heavy atom. The van der Waals surface area contributed by atoms with Crippen LogP contribution in [0, 0.1) is 12.3 Å². The number of hydrogen-bond donors (Lipinski definition) is 3. The summed E-state index contributed by atoms with van der Waals surface area (Å²) in [5.74, 6) is 1.05. The third kappa shape index (κ3) is 3.44. The topological polar surface area (TPSA) is 92.3 Å². The fourth-order valence-electron chi connectivity index (χ4n) is 2.18. The van der Waals surface area contributed by atoms with E-state index in [1.165, 1.54) is 6.33 Å². The number of anilines is 1. The van der Waals surface area contributed by atoms with Crippen molar-refractivity contribution in [2.45, 2.75) is 33.2 Å². The summed E-state index contributed by atoms with van der Waals surface area (Å²) >= 11 is 0. The number of rotatable bonds is 3. The maximum Gasteiger partial charge on any atom is 0.239 e. The summed E-state index contributed by atoms with van der Waals surface area (Å²) in [5.41, 5.74) is 8.81. The second-order valence-corrected chi connectivity index (χ2v) is 6.22. The van der Waals surface area contributed by atoms with Crippen molar-refractivity contribution in [1.82, 2.24) is 9.97 Å². The first-order valence-corrected chi connectivity index (χ1v) is 6.91. The lowest BCUT2D eigenvalue weighted by atomic mass is 9.98. The van der Waals surface area contributed by atoms with E-state index in [4.69, 9.17) is 11.1 Å². The Bertz CT molecular complexity index is 671. The molecule has 0 unspecified atom stereocenters. The lowest BCUT2D eigenvalue weighted by Gasteiger charge is -2.18. The fraction of sp³-hybridized carbons (Fsp3) is 0.312. The first kappa shape index (κ1) is 15.1. The highest BCUT2D eigenvalue weighted by Gasteiger charge is 2.24. The van der Waals surface area contributed by atoms with E-state index in [1.807, 2.05) is 36.5 Å². The van der Waals surface area contributed by atoms with E-state index in [0.29, 0.717) is 22.9 Å². The van der Waals surface area contributed by atoms with Crippen LogP contribution in [0.25, 0.3) is 0 Å². The number of nitrogens with zero attached hydrogens (tertiary/aromatic N) is 2. The van der Waals surface area contributed by atoms with Crippen LogP contribution >= 0.6 is 0 Å². The van der Waals surface area contributed by atoms with Crippen LogP contribution in [-0.4, -0.2) is 21.2 Å². The van der Waals surface area contributed by atoms with Crippen LogP contribution in [0.3, 0.4) is 0 Å². The largest absolute Gasteiger partial charge is 0.383 e. The minimum atomic E-state index is -0.0540. The Morgan fingerprint density at radius 1 is 1.19 bits per heavy atom. The van der Waals surface area contributed by atoms with Gasteiger partial charge in [-0.15, -0.1) is 0 Å². The van der Waals surface area contributed by atoms with Gasteiger partial charge in [0.05, 0.1) is 11.3 Å². The third-order valence-corrected chi connectivity index (χ3v) is 3.14. The molecule has 0 amide bonds. The zero-order valence-electron chi connectivity index (χ0n) is 12.9. The summed E-state index contributed by atoms with van der Waals surface area (Å²) in [6.07, 6.45) is 1.45. The van der Waals surface area contributed by atoms with Gasteiger partial charge >= 0.3 is 0 Å². The smallest absolute Gasteiger partial charge is 0.239 e. The maximum absolute atomic E-state index is 8.52. The zero-order valence-corrected chi connectivity index (χ0v) is 12.9. The van der Waals surface area contributed by atoms with Crippen molar-refractivity contribution in [3.05, 3.63) is 47.3 Å². The second-order valence-electron chi connectivity index (χ2n) is 6.22. The van der Waals surface area contributed by atoms with Crippen LogP contribution in [0.5, 0.6) is 0 Å². The molecule has 21 heavy (non-hydrogen) atoms. The summed E-state index contributed by atoms with van der Waals surface area (Å²) in [4.78, 5) is 8.37. The molecule has 2 aromatic rings. The molecule has 5 heteroatoms. The van der Waals surface area contributed by atoms with Crippen LogP contribution in [0.15, 0.2) is 30.6 Å². The van der Waals surface area contributed by atoms with Gasteiger partial charge in [-0.05, 0) is 33.3 Å². The number of nitrogens with two attached hydrogens (primary N) is 2. The van der Waals surface area contributed by atoms with Crippen LogP contribution < -0.4 is 11.1 Å². The van der Waals surface area contributed by atoms with Crippen molar-refractivity contribution in [2.75, 3.05) is 5.73 Å². The molecule has 1 aromatic heterocycles. The lowest BCUT2D eigenvalue weighted by molar-refractivity contribution is -0.645. The van der Waals surface area contributed by atoms with Gasteiger partial charge < -0.3 is 5.73 Å². The highest BCUT2D eigenvalue weighted by Crippen LogP contribution is 2.21. The fourth-order valence-corrected chi connectivity index (χ4v) is 2.18. The standard InChI is InChI=1S/C16H21N5/c1-10-7-5-6-8-11(10)13(17)12-14(18)19-9-20-15(12)21-16(2,3)4/h5-9,17H,1-4H3,(H3,18,19,20,21)/p+1. The minimum absolute atomic E-state index is 0.0540. The number of quaternary nitrogens is 1. The number of benzene rings is 1. The Hall–Kier alpha value is -2.27. The Labute approximate surface area is 125 Å². The normalized spacial score (nSPS) is 11.4. The summed E-state index contributed by atoms with van der Waals surface area (Å²) in [6, 6.07) is 7.78. The van der Waals surface area contributed by atoms with Crippen LogP contribution in [0.1, 0.15) is 37.5 Å². The molecule has 5 nitrogen and oxygen atoms in total. The molecule has 110 valence electrons. The number of aryl methyl sites for hydroxylation is 1. The molecular formula is C16H22N5+. The van der Waals surface area contributed by atoms with Gasteiger partial charge in [-0.3, -0.25) is 10.7 Å². The van der Waals surface area contributed by atoms with Crippen LogP contribution in [-0.2, 0) is 0 Å². The van der Waals surface area contributed by atoms with Gasteiger partial charge in [0, 0.05) is 5.56 Å². The van der Waals surface area contributed by atoms with E-state index in [1.54, 1.807) is 0 Å². The molecular weight excluding hydrogens is 262 g/mol. The molecule has 0 aliphatic heterocycles. The van der Waals surface area contributed by atoms with Gasteiger partial charge in [0.2, 0.25) is 5.82 Å². The number of nitrogen functional groups attached to an aromatic ring is 1.